The number of aromatic nitrogens is 6. The second-order valence-corrected chi connectivity index (χ2v) is 7.62. The van der Waals surface area contributed by atoms with Gasteiger partial charge in [-0.1, -0.05) is 19.1 Å². The van der Waals surface area contributed by atoms with E-state index in [2.05, 4.69) is 23.8 Å². The number of ether oxygens (including phenoxy) is 1. The van der Waals surface area contributed by atoms with Crippen LogP contribution in [0.2, 0.25) is 0 Å². The van der Waals surface area contributed by atoms with E-state index in [4.69, 9.17) is 14.7 Å². The number of benzene rings is 1. The summed E-state index contributed by atoms with van der Waals surface area (Å²) in [6, 6.07) is 7.22. The maximum Gasteiger partial charge on any atom is 0.296 e. The van der Waals surface area contributed by atoms with Crippen molar-refractivity contribution in [3.8, 4) is 5.82 Å². The van der Waals surface area contributed by atoms with E-state index in [-0.39, 0.29) is 11.9 Å². The van der Waals surface area contributed by atoms with Gasteiger partial charge in [0.25, 0.3) is 6.43 Å². The van der Waals surface area contributed by atoms with E-state index in [0.717, 1.165) is 6.42 Å². The molecule has 0 spiro atoms. The Morgan fingerprint density at radius 2 is 1.87 bits per heavy atom. The number of hydrogen-bond acceptors (Lipinski definition) is 6. The fourth-order valence-electron chi connectivity index (χ4n) is 3.88. The van der Waals surface area contributed by atoms with E-state index in [9.17, 15) is 8.78 Å². The van der Waals surface area contributed by atoms with Gasteiger partial charge in [-0.2, -0.15) is 9.97 Å². The molecule has 0 amide bonds. The van der Waals surface area contributed by atoms with Crippen LogP contribution in [0.5, 0.6) is 0 Å². The number of para-hydroxylation sites is 2. The van der Waals surface area contributed by atoms with Gasteiger partial charge in [0.05, 0.1) is 30.6 Å². The van der Waals surface area contributed by atoms with Gasteiger partial charge < -0.3 is 14.2 Å². The number of halogens is 2. The molecule has 8 nitrogen and oxygen atoms in total. The van der Waals surface area contributed by atoms with Crippen molar-refractivity contribution in [1.82, 2.24) is 29.1 Å². The highest BCUT2D eigenvalue weighted by Gasteiger charge is 2.26. The SMILES string of the molecule is CCC(C)n1cnc2c(-n3c(C(F)F)nc4ccccc43)nc(N3CCOCC3)nc21. The Labute approximate surface area is 177 Å². The minimum atomic E-state index is -2.76. The van der Waals surface area contributed by atoms with Crippen molar-refractivity contribution in [2.45, 2.75) is 32.7 Å². The first kappa shape index (κ1) is 19.8. The molecule has 10 heteroatoms. The Kier molecular flexibility index (Phi) is 5.01. The number of fused-ring (bicyclic) bond motifs is 2. The number of alkyl halides is 2. The van der Waals surface area contributed by atoms with Crippen LogP contribution < -0.4 is 4.90 Å². The lowest BCUT2D eigenvalue weighted by Crippen LogP contribution is -2.37. The summed E-state index contributed by atoms with van der Waals surface area (Å²) < 4.78 is 36.9. The molecule has 0 aliphatic carbocycles. The van der Waals surface area contributed by atoms with E-state index < -0.39 is 6.43 Å². The molecule has 31 heavy (non-hydrogen) atoms. The van der Waals surface area contributed by atoms with Crippen LogP contribution in [0.15, 0.2) is 30.6 Å². The zero-order valence-corrected chi connectivity index (χ0v) is 17.4. The summed E-state index contributed by atoms with van der Waals surface area (Å²) >= 11 is 0. The number of hydrogen-bond donors (Lipinski definition) is 0. The van der Waals surface area contributed by atoms with Crippen LogP contribution in [0.4, 0.5) is 14.7 Å². The van der Waals surface area contributed by atoms with Gasteiger partial charge in [0.2, 0.25) is 5.95 Å². The maximum atomic E-state index is 14.0. The molecule has 0 saturated carbocycles. The average Bonchev–Trinajstić information content (AvgIpc) is 3.40. The number of nitrogens with zero attached hydrogens (tertiary/aromatic N) is 7. The van der Waals surface area contributed by atoms with Gasteiger partial charge >= 0.3 is 0 Å². The van der Waals surface area contributed by atoms with Crippen LogP contribution in [0.1, 0.15) is 38.6 Å². The first-order valence-electron chi connectivity index (χ1n) is 10.4. The molecule has 5 rings (SSSR count). The molecule has 1 unspecified atom stereocenters. The third-order valence-corrected chi connectivity index (χ3v) is 5.74. The number of imidazole rings is 2. The van der Waals surface area contributed by atoms with Gasteiger partial charge in [-0.05, 0) is 25.5 Å². The molecule has 4 heterocycles. The van der Waals surface area contributed by atoms with Gasteiger partial charge in [-0.3, -0.25) is 4.57 Å². The van der Waals surface area contributed by atoms with Gasteiger partial charge in [0.15, 0.2) is 22.8 Å². The molecular weight excluding hydrogens is 404 g/mol. The maximum absolute atomic E-state index is 14.0. The molecule has 1 aromatic carbocycles. The predicted molar refractivity (Wildman–Crippen MR) is 113 cm³/mol. The fourth-order valence-corrected chi connectivity index (χ4v) is 3.88. The minimum absolute atomic E-state index is 0.152. The van der Waals surface area contributed by atoms with Gasteiger partial charge in [0, 0.05) is 19.1 Å². The lowest BCUT2D eigenvalue weighted by atomic mass is 10.2. The zero-order chi connectivity index (χ0) is 21.5. The van der Waals surface area contributed by atoms with Crippen LogP contribution in [-0.4, -0.2) is 55.4 Å². The summed E-state index contributed by atoms with van der Waals surface area (Å²) in [5, 5.41) is 0. The minimum Gasteiger partial charge on any atom is -0.378 e. The summed E-state index contributed by atoms with van der Waals surface area (Å²) in [5.74, 6) is 0.443. The second kappa shape index (κ2) is 7.84. The molecule has 1 fully saturated rings. The molecule has 1 aliphatic heterocycles. The van der Waals surface area contributed by atoms with Crippen molar-refractivity contribution in [1.29, 1.82) is 0 Å². The summed E-state index contributed by atoms with van der Waals surface area (Å²) in [6.45, 7) is 6.56. The highest BCUT2D eigenvalue weighted by atomic mass is 19.3. The Balaban J connectivity index is 1.82. The smallest absolute Gasteiger partial charge is 0.296 e. The quantitative estimate of drug-likeness (QED) is 0.481. The van der Waals surface area contributed by atoms with E-state index in [0.29, 0.717) is 60.3 Å². The van der Waals surface area contributed by atoms with E-state index in [1.807, 2.05) is 9.47 Å². The van der Waals surface area contributed by atoms with Crippen LogP contribution in [0.25, 0.3) is 28.0 Å². The van der Waals surface area contributed by atoms with Crippen LogP contribution in [-0.2, 0) is 4.74 Å². The van der Waals surface area contributed by atoms with E-state index >= 15 is 0 Å². The van der Waals surface area contributed by atoms with Crippen molar-refractivity contribution in [3.05, 3.63) is 36.4 Å². The lowest BCUT2D eigenvalue weighted by molar-refractivity contribution is 0.122. The molecule has 162 valence electrons. The molecule has 3 aromatic heterocycles. The molecule has 0 radical (unpaired) electrons. The standard InChI is InChI=1S/C21H23F2N7O/c1-3-13(2)29-12-24-16-18(29)26-21(28-8-10-31-11-9-28)27-19(16)30-15-7-5-4-6-14(15)25-20(30)17(22)23/h4-7,12-13,17H,3,8-11H2,1-2H3. The molecule has 0 bridgehead atoms. The Hall–Kier alpha value is -3.14. The lowest BCUT2D eigenvalue weighted by Gasteiger charge is -2.27. The molecule has 0 N–H and O–H groups in total. The third-order valence-electron chi connectivity index (χ3n) is 5.74. The van der Waals surface area contributed by atoms with Gasteiger partial charge in [-0.15, -0.1) is 0 Å². The monoisotopic (exact) mass is 427 g/mol. The third kappa shape index (κ3) is 3.31. The molecule has 1 saturated heterocycles. The first-order chi connectivity index (χ1) is 15.1. The van der Waals surface area contributed by atoms with Crippen LogP contribution in [0.3, 0.4) is 0 Å². The van der Waals surface area contributed by atoms with Crippen molar-refractivity contribution in [2.24, 2.45) is 0 Å². The van der Waals surface area contributed by atoms with Gasteiger partial charge in [0.1, 0.15) is 0 Å². The van der Waals surface area contributed by atoms with E-state index in [1.165, 1.54) is 4.57 Å². The number of rotatable bonds is 5. The van der Waals surface area contributed by atoms with Crippen molar-refractivity contribution in [3.63, 3.8) is 0 Å². The summed E-state index contributed by atoms with van der Waals surface area (Å²) in [7, 11) is 0. The molecule has 1 atom stereocenters. The van der Waals surface area contributed by atoms with E-state index in [1.54, 1.807) is 30.6 Å². The number of anilines is 1. The van der Waals surface area contributed by atoms with Crippen LogP contribution in [0, 0.1) is 0 Å². The Bertz CT molecular complexity index is 1230. The largest absolute Gasteiger partial charge is 0.378 e. The summed E-state index contributed by atoms with van der Waals surface area (Å²) in [6.07, 6.45) is -0.171. The molecular formula is C21H23F2N7O. The summed E-state index contributed by atoms with van der Waals surface area (Å²) in [5.41, 5.74) is 2.14. The predicted octanol–water partition coefficient (Wildman–Crippen LogP) is 3.91. The van der Waals surface area contributed by atoms with Crippen molar-refractivity contribution >= 4 is 28.1 Å². The normalized spacial score (nSPS) is 16.0. The second-order valence-electron chi connectivity index (χ2n) is 7.62. The van der Waals surface area contributed by atoms with Crippen molar-refractivity contribution in [2.75, 3.05) is 31.2 Å². The highest BCUT2D eigenvalue weighted by molar-refractivity contribution is 5.85. The molecule has 1 aliphatic rings. The van der Waals surface area contributed by atoms with Crippen molar-refractivity contribution < 1.29 is 13.5 Å². The van der Waals surface area contributed by atoms with Gasteiger partial charge in [-0.25, -0.2) is 18.7 Å². The highest BCUT2D eigenvalue weighted by Crippen LogP contribution is 2.32. The first-order valence-corrected chi connectivity index (χ1v) is 10.4. The zero-order valence-electron chi connectivity index (χ0n) is 17.4. The van der Waals surface area contributed by atoms with Crippen LogP contribution >= 0.6 is 0 Å². The Morgan fingerprint density at radius 1 is 1.10 bits per heavy atom. The molecule has 4 aromatic rings. The average molecular weight is 427 g/mol. The fraction of sp³-hybridized carbons (Fsp3) is 0.429. The topological polar surface area (TPSA) is 73.9 Å². The Morgan fingerprint density at radius 3 is 2.61 bits per heavy atom. The number of morpholine rings is 1. The summed E-state index contributed by atoms with van der Waals surface area (Å²) in [4.78, 5) is 20.3.